The van der Waals surface area contributed by atoms with Crippen LogP contribution in [0.5, 0.6) is 0 Å². The highest BCUT2D eigenvalue weighted by Crippen LogP contribution is 2.24. The third-order valence-corrected chi connectivity index (χ3v) is 4.22. The van der Waals surface area contributed by atoms with Crippen molar-refractivity contribution in [2.75, 3.05) is 0 Å². The minimum atomic E-state index is -0.931. The number of non-ortho nitro benzene ring substituents is 1. The second-order valence-corrected chi connectivity index (χ2v) is 5.68. The monoisotopic (exact) mass is 302 g/mol. The third-order valence-electron chi connectivity index (χ3n) is 3.16. The van der Waals surface area contributed by atoms with Gasteiger partial charge in [-0.1, -0.05) is 0 Å². The van der Waals surface area contributed by atoms with Crippen LogP contribution >= 0.6 is 11.3 Å². The van der Waals surface area contributed by atoms with E-state index in [4.69, 9.17) is 5.11 Å². The van der Waals surface area contributed by atoms with E-state index in [1.54, 1.807) is 18.2 Å². The first-order valence-electron chi connectivity index (χ1n) is 6.10. The van der Waals surface area contributed by atoms with Crippen LogP contribution in [0.25, 0.3) is 10.9 Å². The molecule has 0 radical (unpaired) electrons. The van der Waals surface area contributed by atoms with Gasteiger partial charge in [-0.2, -0.15) is 0 Å². The molecule has 0 bridgehead atoms. The zero-order chi connectivity index (χ0) is 15.0. The summed E-state index contributed by atoms with van der Waals surface area (Å²) in [6.07, 6.45) is 1.84. The predicted molar refractivity (Wildman–Crippen MR) is 79.0 cm³/mol. The molecule has 3 rings (SSSR count). The summed E-state index contributed by atoms with van der Waals surface area (Å²) in [7, 11) is 0. The van der Waals surface area contributed by atoms with Gasteiger partial charge >= 0.3 is 5.97 Å². The summed E-state index contributed by atoms with van der Waals surface area (Å²) in [5.74, 6) is -0.931. The average Bonchev–Trinajstić information content (AvgIpc) is 3.06. The van der Waals surface area contributed by atoms with E-state index in [0.717, 1.165) is 15.8 Å². The van der Waals surface area contributed by atoms with Crippen molar-refractivity contribution in [2.45, 2.75) is 6.54 Å². The number of fused-ring (bicyclic) bond motifs is 1. The van der Waals surface area contributed by atoms with Crippen molar-refractivity contribution < 1.29 is 14.8 Å². The largest absolute Gasteiger partial charge is 0.477 e. The highest BCUT2D eigenvalue weighted by atomic mass is 32.1. The van der Waals surface area contributed by atoms with Gasteiger partial charge in [0, 0.05) is 34.1 Å². The Morgan fingerprint density at radius 3 is 2.76 bits per heavy atom. The van der Waals surface area contributed by atoms with Gasteiger partial charge in [0.1, 0.15) is 4.88 Å². The van der Waals surface area contributed by atoms with Gasteiger partial charge in [-0.15, -0.1) is 11.3 Å². The predicted octanol–water partition coefficient (Wildman–Crippen LogP) is 3.36. The second kappa shape index (κ2) is 5.02. The first-order chi connectivity index (χ1) is 10.0. The maximum Gasteiger partial charge on any atom is 0.345 e. The number of thiophene rings is 1. The number of carboxylic acids is 1. The molecule has 0 amide bonds. The molecular formula is C14H10N2O4S. The van der Waals surface area contributed by atoms with E-state index < -0.39 is 10.9 Å². The van der Waals surface area contributed by atoms with Crippen LogP contribution in [0.3, 0.4) is 0 Å². The van der Waals surface area contributed by atoms with E-state index in [1.165, 1.54) is 23.5 Å². The molecule has 3 aromatic rings. The Bertz CT molecular complexity index is 850. The highest BCUT2D eigenvalue weighted by Gasteiger charge is 2.11. The molecule has 21 heavy (non-hydrogen) atoms. The molecule has 6 nitrogen and oxygen atoms in total. The van der Waals surface area contributed by atoms with Crippen molar-refractivity contribution in [2.24, 2.45) is 0 Å². The summed E-state index contributed by atoms with van der Waals surface area (Å²) in [5, 5.41) is 20.5. The summed E-state index contributed by atoms with van der Waals surface area (Å²) in [6, 6.07) is 9.89. The summed E-state index contributed by atoms with van der Waals surface area (Å²) in [4.78, 5) is 22.4. The van der Waals surface area contributed by atoms with Gasteiger partial charge in [0.25, 0.3) is 5.69 Å². The van der Waals surface area contributed by atoms with Crippen LogP contribution < -0.4 is 0 Å². The van der Waals surface area contributed by atoms with Crippen LogP contribution in [0.4, 0.5) is 5.69 Å². The number of aromatic nitrogens is 1. The highest BCUT2D eigenvalue weighted by molar-refractivity contribution is 7.13. The molecule has 0 spiro atoms. The van der Waals surface area contributed by atoms with Crippen LogP contribution in [-0.4, -0.2) is 20.6 Å². The Morgan fingerprint density at radius 2 is 2.10 bits per heavy atom. The smallest absolute Gasteiger partial charge is 0.345 e. The normalized spacial score (nSPS) is 10.9. The lowest BCUT2D eigenvalue weighted by Gasteiger charge is -2.03. The first kappa shape index (κ1) is 13.3. The standard InChI is InChI=1S/C14H10N2O4S/c17-14(18)13-4-2-11(21-13)8-15-6-5-9-7-10(16(19)20)1-3-12(9)15/h1-7H,8H2,(H,17,18). The van der Waals surface area contributed by atoms with E-state index >= 15 is 0 Å². The topological polar surface area (TPSA) is 85.4 Å². The van der Waals surface area contributed by atoms with Gasteiger partial charge in [0.2, 0.25) is 0 Å². The Labute approximate surface area is 123 Å². The van der Waals surface area contributed by atoms with Crippen molar-refractivity contribution in [3.8, 4) is 0 Å². The molecule has 2 aromatic heterocycles. The van der Waals surface area contributed by atoms with E-state index in [0.29, 0.717) is 11.4 Å². The molecule has 0 fully saturated rings. The van der Waals surface area contributed by atoms with Crippen molar-refractivity contribution in [3.63, 3.8) is 0 Å². The molecule has 1 aromatic carbocycles. The fraction of sp³-hybridized carbons (Fsp3) is 0.0714. The van der Waals surface area contributed by atoms with Gasteiger partial charge in [-0.25, -0.2) is 4.79 Å². The number of rotatable bonds is 4. The van der Waals surface area contributed by atoms with E-state index in [2.05, 4.69) is 0 Å². The zero-order valence-electron chi connectivity index (χ0n) is 10.7. The number of carboxylic acid groups (broad SMARTS) is 1. The minimum Gasteiger partial charge on any atom is -0.477 e. The Hall–Kier alpha value is -2.67. The molecule has 0 unspecified atom stereocenters. The molecule has 2 heterocycles. The lowest BCUT2D eigenvalue weighted by Crippen LogP contribution is -1.96. The number of nitrogens with zero attached hydrogens (tertiary/aromatic N) is 2. The molecule has 106 valence electrons. The summed E-state index contributed by atoms with van der Waals surface area (Å²) >= 11 is 1.23. The van der Waals surface area contributed by atoms with E-state index in [9.17, 15) is 14.9 Å². The summed E-state index contributed by atoms with van der Waals surface area (Å²) < 4.78 is 1.94. The molecule has 0 aliphatic heterocycles. The van der Waals surface area contributed by atoms with Gasteiger partial charge in [0.15, 0.2) is 0 Å². The number of hydrogen-bond acceptors (Lipinski definition) is 4. The number of nitro groups is 1. The van der Waals surface area contributed by atoms with Crippen LogP contribution in [0, 0.1) is 10.1 Å². The number of carbonyl (C=O) groups is 1. The van der Waals surface area contributed by atoms with Crippen LogP contribution in [0.2, 0.25) is 0 Å². The molecule has 0 saturated heterocycles. The SMILES string of the molecule is O=C(O)c1ccc(Cn2ccc3cc([N+](=O)[O-])ccc32)s1. The van der Waals surface area contributed by atoms with Gasteiger partial charge in [-0.3, -0.25) is 10.1 Å². The molecule has 1 N–H and O–H groups in total. The summed E-state index contributed by atoms with van der Waals surface area (Å²) in [6.45, 7) is 0.541. The molecule has 0 saturated carbocycles. The fourth-order valence-corrected chi connectivity index (χ4v) is 3.03. The fourth-order valence-electron chi connectivity index (χ4n) is 2.18. The van der Waals surface area contributed by atoms with Gasteiger partial charge in [-0.05, 0) is 24.3 Å². The maximum atomic E-state index is 10.9. The van der Waals surface area contributed by atoms with Crippen molar-refractivity contribution in [1.29, 1.82) is 0 Å². The molecule has 7 heteroatoms. The van der Waals surface area contributed by atoms with E-state index in [1.807, 2.05) is 16.8 Å². The van der Waals surface area contributed by atoms with Gasteiger partial charge < -0.3 is 9.67 Å². The first-order valence-corrected chi connectivity index (χ1v) is 6.91. The molecule has 0 aliphatic rings. The zero-order valence-corrected chi connectivity index (χ0v) is 11.5. The number of benzene rings is 1. The van der Waals surface area contributed by atoms with Crippen LogP contribution in [0.1, 0.15) is 14.5 Å². The van der Waals surface area contributed by atoms with Crippen LogP contribution in [0.15, 0.2) is 42.6 Å². The van der Waals surface area contributed by atoms with Crippen molar-refractivity contribution in [3.05, 3.63) is 62.5 Å². The Morgan fingerprint density at radius 1 is 1.29 bits per heavy atom. The molecular weight excluding hydrogens is 292 g/mol. The summed E-state index contributed by atoms with van der Waals surface area (Å²) in [5.41, 5.74) is 0.940. The lowest BCUT2D eigenvalue weighted by molar-refractivity contribution is -0.384. The second-order valence-electron chi connectivity index (χ2n) is 4.51. The third kappa shape index (κ3) is 2.50. The van der Waals surface area contributed by atoms with E-state index in [-0.39, 0.29) is 5.69 Å². The molecule has 0 atom stereocenters. The Kier molecular flexibility index (Phi) is 3.19. The number of aromatic carboxylic acids is 1. The van der Waals surface area contributed by atoms with Crippen molar-refractivity contribution in [1.82, 2.24) is 4.57 Å². The van der Waals surface area contributed by atoms with Crippen molar-refractivity contribution >= 4 is 33.9 Å². The van der Waals surface area contributed by atoms with Gasteiger partial charge in [0.05, 0.1) is 11.5 Å². The average molecular weight is 302 g/mol. The number of hydrogen-bond donors (Lipinski definition) is 1. The Balaban J connectivity index is 1.93. The number of nitro benzene ring substituents is 1. The maximum absolute atomic E-state index is 10.9. The van der Waals surface area contributed by atoms with Crippen LogP contribution in [-0.2, 0) is 6.54 Å². The minimum absolute atomic E-state index is 0.0598. The lowest BCUT2D eigenvalue weighted by atomic mass is 10.2. The quantitative estimate of drug-likeness (QED) is 0.591. The molecule has 0 aliphatic carbocycles.